The molecule has 2 aromatic rings. The molecule has 3 rings (SSSR count). The lowest BCUT2D eigenvalue weighted by atomic mass is 10.1. The number of thiocarbonyl (C=S) groups is 1. The van der Waals surface area contributed by atoms with E-state index in [0.717, 1.165) is 11.1 Å². The molecule has 1 amide bonds. The Kier molecular flexibility index (Phi) is 4.09. The zero-order chi connectivity index (χ0) is 15.7. The van der Waals surface area contributed by atoms with Gasteiger partial charge >= 0.3 is 0 Å². The molecule has 1 aliphatic heterocycles. The second-order valence-electron chi connectivity index (χ2n) is 4.91. The van der Waals surface area contributed by atoms with Crippen molar-refractivity contribution in [1.29, 1.82) is 0 Å². The summed E-state index contributed by atoms with van der Waals surface area (Å²) in [5.74, 6) is -0.616. The number of carbonyl (C=O) groups is 1. The lowest BCUT2D eigenvalue weighted by Crippen LogP contribution is -2.27. The van der Waals surface area contributed by atoms with Gasteiger partial charge in [-0.15, -0.1) is 0 Å². The standard InChI is InChI=1S/C17H12FNOS2/c1-11-5-7-12(8-6-11)9-15-16(20)19(17(21)22-15)14-4-2-3-13(18)10-14/h2-10H,1H3. The van der Waals surface area contributed by atoms with Crippen molar-refractivity contribution in [2.45, 2.75) is 6.92 Å². The number of amides is 1. The molecule has 1 aliphatic rings. The summed E-state index contributed by atoms with van der Waals surface area (Å²) in [7, 11) is 0. The minimum Gasteiger partial charge on any atom is -0.268 e. The third kappa shape index (κ3) is 2.96. The Bertz CT molecular complexity index is 784. The van der Waals surface area contributed by atoms with Crippen LogP contribution in [-0.4, -0.2) is 10.2 Å². The first-order valence-corrected chi connectivity index (χ1v) is 7.87. The van der Waals surface area contributed by atoms with Gasteiger partial charge in [-0.25, -0.2) is 4.39 Å². The SMILES string of the molecule is Cc1ccc(C=C2SC(=S)N(c3cccc(F)c3)C2=O)cc1. The maximum absolute atomic E-state index is 13.4. The molecule has 0 aromatic heterocycles. The van der Waals surface area contributed by atoms with E-state index in [0.29, 0.717) is 14.9 Å². The molecule has 0 saturated carbocycles. The molecule has 5 heteroatoms. The summed E-state index contributed by atoms with van der Waals surface area (Å²) in [5.41, 5.74) is 2.55. The lowest BCUT2D eigenvalue weighted by Gasteiger charge is -2.14. The number of hydrogen-bond acceptors (Lipinski definition) is 3. The van der Waals surface area contributed by atoms with Crippen LogP contribution in [0.4, 0.5) is 10.1 Å². The van der Waals surface area contributed by atoms with Crippen molar-refractivity contribution in [3.05, 3.63) is 70.4 Å². The molecule has 0 spiro atoms. The molecule has 22 heavy (non-hydrogen) atoms. The summed E-state index contributed by atoms with van der Waals surface area (Å²) >= 11 is 6.49. The third-order valence-corrected chi connectivity index (χ3v) is 4.54. The van der Waals surface area contributed by atoms with E-state index in [-0.39, 0.29) is 5.91 Å². The average Bonchev–Trinajstić information content (AvgIpc) is 2.76. The monoisotopic (exact) mass is 329 g/mol. The Hall–Kier alpha value is -1.98. The molecule has 0 atom stereocenters. The maximum atomic E-state index is 13.4. The van der Waals surface area contributed by atoms with E-state index < -0.39 is 5.82 Å². The topological polar surface area (TPSA) is 20.3 Å². The first-order chi connectivity index (χ1) is 10.5. The van der Waals surface area contributed by atoms with Crippen molar-refractivity contribution in [3.63, 3.8) is 0 Å². The van der Waals surface area contributed by atoms with Crippen molar-refractivity contribution in [1.82, 2.24) is 0 Å². The summed E-state index contributed by atoms with van der Waals surface area (Å²) in [5, 5.41) is 0. The summed E-state index contributed by atoms with van der Waals surface area (Å²) in [4.78, 5) is 14.4. The molecular weight excluding hydrogens is 317 g/mol. The summed E-state index contributed by atoms with van der Waals surface area (Å²) in [6.45, 7) is 2.01. The smallest absolute Gasteiger partial charge is 0.268 e. The van der Waals surface area contributed by atoms with Gasteiger partial charge in [0.1, 0.15) is 5.82 Å². The molecular formula is C17H12FNOS2. The number of anilines is 1. The van der Waals surface area contributed by atoms with Crippen LogP contribution < -0.4 is 4.90 Å². The second-order valence-corrected chi connectivity index (χ2v) is 6.58. The van der Waals surface area contributed by atoms with Crippen LogP contribution in [0, 0.1) is 12.7 Å². The predicted molar refractivity (Wildman–Crippen MR) is 93.2 cm³/mol. The summed E-state index contributed by atoms with van der Waals surface area (Å²) < 4.78 is 13.8. The Morgan fingerprint density at radius 2 is 1.91 bits per heavy atom. The van der Waals surface area contributed by atoms with Gasteiger partial charge < -0.3 is 0 Å². The van der Waals surface area contributed by atoms with Gasteiger partial charge in [-0.2, -0.15) is 0 Å². The molecule has 0 radical (unpaired) electrons. The van der Waals surface area contributed by atoms with E-state index in [1.807, 2.05) is 31.2 Å². The van der Waals surface area contributed by atoms with Gasteiger partial charge in [-0.05, 0) is 36.8 Å². The zero-order valence-corrected chi connectivity index (χ0v) is 13.4. The van der Waals surface area contributed by atoms with Crippen LogP contribution in [0.1, 0.15) is 11.1 Å². The highest BCUT2D eigenvalue weighted by Gasteiger charge is 2.33. The molecule has 110 valence electrons. The minimum atomic E-state index is -0.394. The van der Waals surface area contributed by atoms with Crippen molar-refractivity contribution >= 4 is 46.0 Å². The molecule has 1 fully saturated rings. The summed E-state index contributed by atoms with van der Waals surface area (Å²) in [6, 6.07) is 13.7. The zero-order valence-electron chi connectivity index (χ0n) is 11.7. The highest BCUT2D eigenvalue weighted by atomic mass is 32.2. The van der Waals surface area contributed by atoms with Crippen LogP contribution in [0.25, 0.3) is 6.08 Å². The third-order valence-electron chi connectivity index (χ3n) is 3.24. The van der Waals surface area contributed by atoms with E-state index in [9.17, 15) is 9.18 Å². The highest BCUT2D eigenvalue weighted by molar-refractivity contribution is 8.27. The number of hydrogen-bond donors (Lipinski definition) is 0. The molecule has 0 unspecified atom stereocenters. The average molecular weight is 329 g/mol. The van der Waals surface area contributed by atoms with Gasteiger partial charge in [-0.1, -0.05) is 59.9 Å². The van der Waals surface area contributed by atoms with Crippen LogP contribution in [0.5, 0.6) is 0 Å². The Labute approximate surface area is 137 Å². The molecule has 0 aliphatic carbocycles. The first-order valence-electron chi connectivity index (χ1n) is 6.65. The molecule has 2 nitrogen and oxygen atoms in total. The lowest BCUT2D eigenvalue weighted by molar-refractivity contribution is -0.113. The fraction of sp³-hybridized carbons (Fsp3) is 0.0588. The van der Waals surface area contributed by atoms with Crippen molar-refractivity contribution in [2.24, 2.45) is 0 Å². The van der Waals surface area contributed by atoms with E-state index >= 15 is 0 Å². The fourth-order valence-electron chi connectivity index (χ4n) is 2.12. The van der Waals surface area contributed by atoms with Gasteiger partial charge in [0.2, 0.25) is 0 Å². The van der Waals surface area contributed by atoms with E-state index in [4.69, 9.17) is 12.2 Å². The van der Waals surface area contributed by atoms with Gasteiger partial charge in [0.25, 0.3) is 5.91 Å². The number of benzene rings is 2. The van der Waals surface area contributed by atoms with E-state index in [1.165, 1.54) is 28.8 Å². The van der Waals surface area contributed by atoms with Crippen molar-refractivity contribution < 1.29 is 9.18 Å². The van der Waals surface area contributed by atoms with Gasteiger partial charge in [-0.3, -0.25) is 9.69 Å². The van der Waals surface area contributed by atoms with E-state index in [2.05, 4.69) is 0 Å². The molecule has 0 N–H and O–H groups in total. The van der Waals surface area contributed by atoms with Crippen LogP contribution in [0.3, 0.4) is 0 Å². The van der Waals surface area contributed by atoms with Gasteiger partial charge in [0.15, 0.2) is 4.32 Å². The largest absolute Gasteiger partial charge is 0.270 e. The molecule has 1 saturated heterocycles. The van der Waals surface area contributed by atoms with Gasteiger partial charge in [0, 0.05) is 0 Å². The quantitative estimate of drug-likeness (QED) is 0.596. The number of aryl methyl sites for hydroxylation is 1. The van der Waals surface area contributed by atoms with Crippen molar-refractivity contribution in [3.8, 4) is 0 Å². The maximum Gasteiger partial charge on any atom is 0.270 e. The predicted octanol–water partition coefficient (Wildman–Crippen LogP) is 4.54. The fourth-order valence-corrected chi connectivity index (χ4v) is 3.42. The minimum absolute atomic E-state index is 0.221. The summed E-state index contributed by atoms with van der Waals surface area (Å²) in [6.07, 6.45) is 1.80. The first kappa shape index (κ1) is 14.9. The Morgan fingerprint density at radius 3 is 2.59 bits per heavy atom. The van der Waals surface area contributed by atoms with E-state index in [1.54, 1.807) is 18.2 Å². The molecule has 2 aromatic carbocycles. The molecule has 1 heterocycles. The van der Waals surface area contributed by atoms with Crippen LogP contribution >= 0.6 is 24.0 Å². The number of rotatable bonds is 2. The van der Waals surface area contributed by atoms with Crippen LogP contribution in [0.2, 0.25) is 0 Å². The van der Waals surface area contributed by atoms with Crippen molar-refractivity contribution in [2.75, 3.05) is 4.90 Å². The number of nitrogens with zero attached hydrogens (tertiary/aromatic N) is 1. The van der Waals surface area contributed by atoms with Gasteiger partial charge in [0.05, 0.1) is 10.6 Å². The Balaban J connectivity index is 1.93. The number of thioether (sulfide) groups is 1. The normalized spacial score (nSPS) is 16.6. The second kappa shape index (κ2) is 6.02. The van der Waals surface area contributed by atoms with Crippen LogP contribution in [-0.2, 0) is 4.79 Å². The molecule has 0 bridgehead atoms. The Morgan fingerprint density at radius 1 is 1.18 bits per heavy atom. The number of halogens is 1. The van der Waals surface area contributed by atoms with Crippen LogP contribution in [0.15, 0.2) is 53.4 Å². The number of carbonyl (C=O) groups excluding carboxylic acids is 1. The highest BCUT2D eigenvalue weighted by Crippen LogP contribution is 2.36.